The number of aryl methyl sites for hydroxylation is 1. The van der Waals surface area contributed by atoms with Crippen LogP contribution in [-0.2, 0) is 19.2 Å². The number of nitrogens with zero attached hydrogens (tertiary/aromatic N) is 4. The van der Waals surface area contributed by atoms with Gasteiger partial charge in [0.25, 0.3) is 0 Å². The Kier molecular flexibility index (Phi) is 6.16. The molecular formula is C24H26FN5O4S. The number of benzene rings is 2. The molecule has 0 spiro atoms. The summed E-state index contributed by atoms with van der Waals surface area (Å²) >= 11 is 0. The van der Waals surface area contributed by atoms with Crippen molar-refractivity contribution in [1.82, 2.24) is 9.97 Å². The molecule has 35 heavy (non-hydrogen) atoms. The van der Waals surface area contributed by atoms with E-state index in [2.05, 4.69) is 24.6 Å². The second-order valence-corrected chi connectivity index (χ2v) is 11.4. The van der Waals surface area contributed by atoms with Crippen LogP contribution >= 0.6 is 0 Å². The van der Waals surface area contributed by atoms with Crippen molar-refractivity contribution < 1.29 is 22.8 Å². The lowest BCUT2D eigenvalue weighted by Gasteiger charge is -2.20. The molecule has 184 valence electrons. The van der Waals surface area contributed by atoms with Crippen LogP contribution in [0.25, 0.3) is 10.9 Å². The second kappa shape index (κ2) is 9.14. The van der Waals surface area contributed by atoms with E-state index in [0.717, 1.165) is 16.7 Å². The Bertz CT molecular complexity index is 1450. The first-order chi connectivity index (χ1) is 16.7. The molecule has 9 nitrogen and oxygen atoms in total. The minimum absolute atomic E-state index is 0.246. The number of nitrogens with one attached hydrogen (secondary N) is 1. The fourth-order valence-electron chi connectivity index (χ4n) is 4.38. The predicted molar refractivity (Wildman–Crippen MR) is 133 cm³/mol. The van der Waals surface area contributed by atoms with Gasteiger partial charge in [0.2, 0.25) is 0 Å². The van der Waals surface area contributed by atoms with Crippen LogP contribution in [-0.4, -0.2) is 71.0 Å². The van der Waals surface area contributed by atoms with Crippen LogP contribution in [0.1, 0.15) is 5.56 Å². The monoisotopic (exact) mass is 499 g/mol. The van der Waals surface area contributed by atoms with Crippen LogP contribution < -0.4 is 10.1 Å². The third kappa shape index (κ3) is 4.84. The predicted octanol–water partition coefficient (Wildman–Crippen LogP) is 3.80. The van der Waals surface area contributed by atoms with Gasteiger partial charge in [0.05, 0.1) is 35.8 Å². The zero-order chi connectivity index (χ0) is 24.7. The van der Waals surface area contributed by atoms with Gasteiger partial charge in [-0.1, -0.05) is 0 Å². The molecule has 2 aliphatic heterocycles. The minimum Gasteiger partial charge on any atom is -0.483 e. The number of anilines is 2. The van der Waals surface area contributed by atoms with E-state index in [0.29, 0.717) is 41.7 Å². The molecule has 3 aromatic rings. The van der Waals surface area contributed by atoms with E-state index < -0.39 is 21.7 Å². The molecule has 0 amide bonds. The van der Waals surface area contributed by atoms with Crippen molar-refractivity contribution in [2.75, 3.05) is 38.1 Å². The molecule has 0 saturated carbocycles. The molecule has 3 atom stereocenters. The van der Waals surface area contributed by atoms with Crippen LogP contribution in [0.4, 0.5) is 21.6 Å². The van der Waals surface area contributed by atoms with Crippen LogP contribution in [0.3, 0.4) is 0 Å². The quantitative estimate of drug-likeness (QED) is 0.569. The van der Waals surface area contributed by atoms with Gasteiger partial charge in [0.1, 0.15) is 35.9 Å². The lowest BCUT2D eigenvalue weighted by molar-refractivity contribution is 0.0316. The summed E-state index contributed by atoms with van der Waals surface area (Å²) in [5, 5.41) is 4.04. The highest BCUT2D eigenvalue weighted by atomic mass is 32.2. The van der Waals surface area contributed by atoms with Crippen molar-refractivity contribution >= 4 is 43.5 Å². The summed E-state index contributed by atoms with van der Waals surface area (Å²) in [4.78, 5) is 13.0. The highest BCUT2D eigenvalue weighted by Crippen LogP contribution is 2.36. The number of ether oxygens (including phenoxy) is 3. The van der Waals surface area contributed by atoms with Crippen molar-refractivity contribution in [2.24, 2.45) is 9.36 Å². The molecule has 2 aliphatic rings. The van der Waals surface area contributed by atoms with Gasteiger partial charge in [0, 0.05) is 40.7 Å². The van der Waals surface area contributed by atoms with Gasteiger partial charge in [-0.25, -0.2) is 18.6 Å². The Hall–Kier alpha value is -3.15. The summed E-state index contributed by atoms with van der Waals surface area (Å²) in [6, 6.07) is 7.88. The Morgan fingerprint density at radius 1 is 1.20 bits per heavy atom. The molecule has 0 bridgehead atoms. The Labute approximate surface area is 202 Å². The molecule has 2 aromatic carbocycles. The Balaban J connectivity index is 1.47. The first-order valence-corrected chi connectivity index (χ1v) is 13.4. The summed E-state index contributed by atoms with van der Waals surface area (Å²) in [5.74, 6) is 0.418. The SMILES string of the molecule is CN=C1CO[C@H]2C1OC[C@H]2Oc1cc(F)ccc1Nc1ncnc2cc(N=S(C)(C)=O)cc(C)c12. The van der Waals surface area contributed by atoms with Gasteiger partial charge in [-0.05, 0) is 36.8 Å². The molecule has 2 fully saturated rings. The molecule has 11 heteroatoms. The number of aliphatic imine (C=N–C) groups is 1. The van der Waals surface area contributed by atoms with Gasteiger partial charge in [-0.15, -0.1) is 0 Å². The smallest absolute Gasteiger partial charge is 0.151 e. The van der Waals surface area contributed by atoms with Crippen LogP contribution in [0.2, 0.25) is 0 Å². The molecule has 1 N–H and O–H groups in total. The Morgan fingerprint density at radius 3 is 2.80 bits per heavy atom. The summed E-state index contributed by atoms with van der Waals surface area (Å²) in [6.07, 6.45) is 3.64. The molecule has 2 saturated heterocycles. The fraction of sp³-hybridized carbons (Fsp3) is 0.375. The van der Waals surface area contributed by atoms with Crippen LogP contribution in [0.15, 0.2) is 46.0 Å². The van der Waals surface area contributed by atoms with Gasteiger partial charge >= 0.3 is 0 Å². The van der Waals surface area contributed by atoms with Gasteiger partial charge in [-0.3, -0.25) is 4.99 Å². The lowest BCUT2D eigenvalue weighted by Crippen LogP contribution is -2.33. The zero-order valence-electron chi connectivity index (χ0n) is 19.8. The third-order valence-electron chi connectivity index (χ3n) is 5.86. The zero-order valence-corrected chi connectivity index (χ0v) is 20.6. The fourth-order valence-corrected chi connectivity index (χ4v) is 5.00. The number of halogens is 1. The average molecular weight is 500 g/mol. The number of fused-ring (bicyclic) bond motifs is 2. The summed E-state index contributed by atoms with van der Waals surface area (Å²) < 4.78 is 48.5. The second-order valence-electron chi connectivity index (χ2n) is 8.82. The number of rotatable bonds is 5. The van der Waals surface area contributed by atoms with Gasteiger partial charge in [0.15, 0.2) is 6.10 Å². The van der Waals surface area contributed by atoms with Crippen molar-refractivity contribution in [2.45, 2.75) is 25.2 Å². The molecule has 0 radical (unpaired) electrons. The van der Waals surface area contributed by atoms with E-state index in [-0.39, 0.29) is 12.2 Å². The van der Waals surface area contributed by atoms with Crippen molar-refractivity contribution in [1.29, 1.82) is 0 Å². The first kappa shape index (κ1) is 23.6. The third-order valence-corrected chi connectivity index (χ3v) is 6.51. The van der Waals surface area contributed by atoms with Crippen molar-refractivity contribution in [3.8, 4) is 5.75 Å². The number of hydrogen-bond acceptors (Lipinski definition) is 9. The normalized spacial score (nSPS) is 23.0. The summed E-state index contributed by atoms with van der Waals surface area (Å²) in [5.41, 5.74) is 3.47. The maximum Gasteiger partial charge on any atom is 0.151 e. The molecule has 3 heterocycles. The van der Waals surface area contributed by atoms with E-state index >= 15 is 0 Å². The number of hydrogen-bond donors (Lipinski definition) is 1. The topological polar surface area (TPSA) is 107 Å². The molecule has 1 aromatic heterocycles. The van der Waals surface area contributed by atoms with E-state index in [1.165, 1.54) is 18.5 Å². The van der Waals surface area contributed by atoms with Gasteiger partial charge in [-0.2, -0.15) is 4.36 Å². The van der Waals surface area contributed by atoms with Gasteiger partial charge < -0.3 is 19.5 Å². The average Bonchev–Trinajstić information content (AvgIpc) is 3.37. The highest BCUT2D eigenvalue weighted by Gasteiger charge is 2.47. The number of aromatic nitrogens is 2. The molecule has 0 aliphatic carbocycles. The standard InChI is InChI=1S/C24H26FN5O4S/c1-13-7-15(30-35(3,4)31)9-17-21(13)24(28-12-27-17)29-16-6-5-14(25)8-19(16)34-20-11-33-22-18(26-2)10-32-23(20)22/h5-9,12,20,22-23H,10-11H2,1-4H3,(H,27,28,29)/t20-,22?,23-/m1/s1. The summed E-state index contributed by atoms with van der Waals surface area (Å²) in [6.45, 7) is 2.61. The lowest BCUT2D eigenvalue weighted by atomic mass is 10.1. The van der Waals surface area contributed by atoms with Crippen LogP contribution in [0, 0.1) is 12.7 Å². The maximum atomic E-state index is 14.2. The van der Waals surface area contributed by atoms with E-state index in [9.17, 15) is 8.60 Å². The maximum absolute atomic E-state index is 14.2. The molecule has 5 rings (SSSR count). The Morgan fingerprint density at radius 2 is 2.03 bits per heavy atom. The van der Waals surface area contributed by atoms with Crippen molar-refractivity contribution in [3.05, 3.63) is 48.0 Å². The first-order valence-electron chi connectivity index (χ1n) is 11.1. The summed E-state index contributed by atoms with van der Waals surface area (Å²) in [7, 11) is -0.609. The molecule has 1 unspecified atom stereocenters. The van der Waals surface area contributed by atoms with E-state index in [1.54, 1.807) is 31.7 Å². The van der Waals surface area contributed by atoms with E-state index in [4.69, 9.17) is 14.2 Å². The minimum atomic E-state index is -2.32. The molecular weight excluding hydrogens is 473 g/mol. The van der Waals surface area contributed by atoms with Crippen LogP contribution in [0.5, 0.6) is 5.75 Å². The van der Waals surface area contributed by atoms with Crippen molar-refractivity contribution in [3.63, 3.8) is 0 Å². The largest absolute Gasteiger partial charge is 0.483 e. The highest BCUT2D eigenvalue weighted by molar-refractivity contribution is 7.92. The van der Waals surface area contributed by atoms with E-state index in [1.807, 2.05) is 13.0 Å².